The number of carbonyl (C=O) groups is 1. The van der Waals surface area contributed by atoms with Crippen molar-refractivity contribution in [1.82, 2.24) is 19.7 Å². The van der Waals surface area contributed by atoms with E-state index in [2.05, 4.69) is 20.4 Å². The van der Waals surface area contributed by atoms with E-state index in [1.165, 1.54) is 4.68 Å². The molecule has 0 spiro atoms. The Labute approximate surface area is 167 Å². The number of aromatic amines is 1. The van der Waals surface area contributed by atoms with Crippen molar-refractivity contribution in [2.24, 2.45) is 0 Å². The molecule has 0 aliphatic heterocycles. The van der Waals surface area contributed by atoms with E-state index in [0.717, 1.165) is 18.5 Å². The Morgan fingerprint density at radius 2 is 2.00 bits per heavy atom. The van der Waals surface area contributed by atoms with Crippen LogP contribution in [0.3, 0.4) is 0 Å². The van der Waals surface area contributed by atoms with Gasteiger partial charge in [0.2, 0.25) is 5.95 Å². The van der Waals surface area contributed by atoms with Gasteiger partial charge in [0, 0.05) is 23.2 Å². The molecule has 2 N–H and O–H groups in total. The fourth-order valence-corrected chi connectivity index (χ4v) is 2.94. The van der Waals surface area contributed by atoms with Gasteiger partial charge in [-0.05, 0) is 45.7 Å². The predicted molar refractivity (Wildman–Crippen MR) is 109 cm³/mol. The first-order valence-electron chi connectivity index (χ1n) is 9.63. The molecule has 29 heavy (non-hydrogen) atoms. The van der Waals surface area contributed by atoms with E-state index < -0.39 is 6.10 Å². The van der Waals surface area contributed by atoms with Crippen LogP contribution in [-0.4, -0.2) is 31.8 Å². The molecule has 2 heterocycles. The first-order chi connectivity index (χ1) is 13.9. The van der Waals surface area contributed by atoms with Gasteiger partial charge in [0.1, 0.15) is 11.6 Å². The number of amides is 1. The highest BCUT2D eigenvalue weighted by Gasteiger charge is 2.29. The molecular weight excluding hydrogens is 370 g/mol. The summed E-state index contributed by atoms with van der Waals surface area (Å²) in [6.45, 7) is 5.17. The smallest absolute Gasteiger partial charge is 0.266 e. The number of benzene rings is 1. The average molecular weight is 393 g/mol. The van der Waals surface area contributed by atoms with E-state index >= 15 is 0 Å². The third-order valence-corrected chi connectivity index (χ3v) is 4.98. The molecule has 1 saturated carbocycles. The van der Waals surface area contributed by atoms with Gasteiger partial charge in [-0.1, -0.05) is 18.2 Å². The third-order valence-electron chi connectivity index (χ3n) is 4.98. The molecule has 0 bridgehead atoms. The van der Waals surface area contributed by atoms with E-state index in [9.17, 15) is 9.59 Å². The van der Waals surface area contributed by atoms with E-state index in [4.69, 9.17) is 4.74 Å². The number of ether oxygens (including phenoxy) is 1. The molecule has 0 radical (unpaired) electrons. The molecule has 1 aliphatic carbocycles. The zero-order valence-electron chi connectivity index (χ0n) is 16.6. The summed E-state index contributed by atoms with van der Waals surface area (Å²) in [6.07, 6.45) is 1.42. The second-order valence-electron chi connectivity index (χ2n) is 7.30. The van der Waals surface area contributed by atoms with Crippen LogP contribution in [0.1, 0.15) is 42.6 Å². The van der Waals surface area contributed by atoms with Crippen LogP contribution in [0.5, 0.6) is 5.75 Å². The molecule has 1 aromatic carbocycles. The monoisotopic (exact) mass is 393 g/mol. The van der Waals surface area contributed by atoms with Crippen molar-refractivity contribution in [3.63, 3.8) is 0 Å². The number of rotatable bonds is 6. The fraction of sp³-hybridized carbons (Fsp3) is 0.333. The van der Waals surface area contributed by atoms with Crippen molar-refractivity contribution >= 4 is 11.7 Å². The summed E-state index contributed by atoms with van der Waals surface area (Å²) in [6, 6.07) is 11.0. The van der Waals surface area contributed by atoms with Crippen LogP contribution in [0.25, 0.3) is 5.95 Å². The van der Waals surface area contributed by atoms with Crippen molar-refractivity contribution in [2.75, 3.05) is 5.32 Å². The number of aromatic nitrogens is 4. The Kier molecular flexibility index (Phi) is 4.92. The van der Waals surface area contributed by atoms with Gasteiger partial charge in [-0.2, -0.15) is 9.78 Å². The summed E-state index contributed by atoms with van der Waals surface area (Å²) in [5.74, 6) is 1.40. The minimum Gasteiger partial charge on any atom is -0.481 e. The number of anilines is 1. The zero-order valence-corrected chi connectivity index (χ0v) is 16.6. The second kappa shape index (κ2) is 7.54. The van der Waals surface area contributed by atoms with Gasteiger partial charge in [-0.25, -0.2) is 4.98 Å². The Bertz CT molecular complexity index is 1100. The Balaban J connectivity index is 1.61. The third kappa shape index (κ3) is 4.06. The lowest BCUT2D eigenvalue weighted by Gasteiger charge is -2.15. The summed E-state index contributed by atoms with van der Waals surface area (Å²) in [4.78, 5) is 32.1. The Morgan fingerprint density at radius 3 is 2.66 bits per heavy atom. The molecule has 8 nitrogen and oxygen atoms in total. The number of nitrogens with zero attached hydrogens (tertiary/aromatic N) is 3. The average Bonchev–Trinajstić information content (AvgIpc) is 3.47. The number of nitrogens with one attached hydrogen (secondary N) is 2. The maximum atomic E-state index is 12.7. The van der Waals surface area contributed by atoms with E-state index in [1.807, 2.05) is 24.3 Å². The molecule has 8 heteroatoms. The highest BCUT2D eigenvalue weighted by atomic mass is 16.5. The first-order valence-corrected chi connectivity index (χ1v) is 9.63. The van der Waals surface area contributed by atoms with Crippen LogP contribution in [0.2, 0.25) is 0 Å². The van der Waals surface area contributed by atoms with Gasteiger partial charge in [-0.3, -0.25) is 14.6 Å². The normalized spacial score (nSPS) is 14.4. The number of carbonyl (C=O) groups excluding carboxylic acids is 1. The van der Waals surface area contributed by atoms with Crippen molar-refractivity contribution in [1.29, 1.82) is 0 Å². The van der Waals surface area contributed by atoms with Gasteiger partial charge >= 0.3 is 0 Å². The zero-order chi connectivity index (χ0) is 20.5. The number of para-hydroxylation sites is 1. The van der Waals surface area contributed by atoms with Crippen molar-refractivity contribution in [2.45, 2.75) is 45.6 Å². The molecule has 3 aromatic rings. The summed E-state index contributed by atoms with van der Waals surface area (Å²) >= 11 is 0. The van der Waals surface area contributed by atoms with Gasteiger partial charge in [0.05, 0.1) is 5.69 Å². The molecule has 4 rings (SSSR count). The van der Waals surface area contributed by atoms with Crippen molar-refractivity contribution in [3.05, 3.63) is 63.7 Å². The number of hydrogen-bond acceptors (Lipinski definition) is 5. The fourth-order valence-electron chi connectivity index (χ4n) is 2.94. The highest BCUT2D eigenvalue weighted by Crippen LogP contribution is 2.40. The van der Waals surface area contributed by atoms with Crippen molar-refractivity contribution in [3.8, 4) is 11.7 Å². The molecular formula is C21H23N5O3. The summed E-state index contributed by atoms with van der Waals surface area (Å²) < 4.78 is 7.18. The van der Waals surface area contributed by atoms with Gasteiger partial charge in [-0.15, -0.1) is 0 Å². The van der Waals surface area contributed by atoms with Gasteiger partial charge in [0.25, 0.3) is 11.5 Å². The van der Waals surface area contributed by atoms with Crippen molar-refractivity contribution < 1.29 is 9.53 Å². The van der Waals surface area contributed by atoms with Crippen LogP contribution < -0.4 is 15.6 Å². The highest BCUT2D eigenvalue weighted by molar-refractivity contribution is 5.93. The summed E-state index contributed by atoms with van der Waals surface area (Å²) in [7, 11) is 0. The topological polar surface area (TPSA) is 102 Å². The lowest BCUT2D eigenvalue weighted by molar-refractivity contribution is -0.122. The molecule has 2 aromatic heterocycles. The summed E-state index contributed by atoms with van der Waals surface area (Å²) in [5.41, 5.74) is 1.82. The quantitative estimate of drug-likeness (QED) is 0.670. The molecule has 0 saturated heterocycles. The predicted octanol–water partition coefficient (Wildman–Crippen LogP) is 2.86. The standard InChI is InChI=1S/C21H23N5O3/c1-12-13(2)22-21(24-19(12)27)26-18(11-17(25-26)15-9-10-15)23-20(28)14(3)29-16-7-5-4-6-8-16/h4-8,11,14-15H,9-10H2,1-3H3,(H,23,28)(H,22,24,27). The van der Waals surface area contributed by atoms with E-state index in [0.29, 0.717) is 28.7 Å². The first kappa shape index (κ1) is 18.9. The molecule has 1 aliphatic rings. The number of hydrogen-bond donors (Lipinski definition) is 2. The Morgan fingerprint density at radius 1 is 1.28 bits per heavy atom. The largest absolute Gasteiger partial charge is 0.481 e. The summed E-state index contributed by atoms with van der Waals surface area (Å²) in [5, 5.41) is 7.44. The minimum atomic E-state index is -0.711. The lowest BCUT2D eigenvalue weighted by atomic mass is 10.3. The maximum absolute atomic E-state index is 12.7. The van der Waals surface area contributed by atoms with E-state index in [1.54, 1.807) is 32.9 Å². The SMILES string of the molecule is Cc1nc(-n2nc(C3CC3)cc2NC(=O)C(C)Oc2ccccc2)[nH]c(=O)c1C. The van der Waals surface area contributed by atoms with Crippen LogP contribution in [0, 0.1) is 13.8 Å². The molecule has 1 amide bonds. The van der Waals surface area contributed by atoms with E-state index in [-0.39, 0.29) is 17.4 Å². The molecule has 1 atom stereocenters. The molecule has 1 fully saturated rings. The van der Waals surface area contributed by atoms with Crippen LogP contribution in [0.4, 0.5) is 5.82 Å². The van der Waals surface area contributed by atoms with Crippen LogP contribution in [0.15, 0.2) is 41.2 Å². The number of H-pyrrole nitrogens is 1. The lowest BCUT2D eigenvalue weighted by Crippen LogP contribution is -2.31. The number of aryl methyl sites for hydroxylation is 1. The molecule has 150 valence electrons. The maximum Gasteiger partial charge on any atom is 0.266 e. The Hall–Kier alpha value is -3.42. The van der Waals surface area contributed by atoms with Crippen LogP contribution in [-0.2, 0) is 4.79 Å². The van der Waals surface area contributed by atoms with Gasteiger partial charge < -0.3 is 10.1 Å². The second-order valence-corrected chi connectivity index (χ2v) is 7.30. The minimum absolute atomic E-state index is 0.228. The molecule has 1 unspecified atom stereocenters. The van der Waals surface area contributed by atoms with Crippen LogP contribution >= 0.6 is 0 Å². The van der Waals surface area contributed by atoms with Gasteiger partial charge in [0.15, 0.2) is 6.10 Å².